The van der Waals surface area contributed by atoms with Crippen molar-refractivity contribution in [3.05, 3.63) is 84.0 Å². The molecule has 2 aromatic carbocycles. The van der Waals surface area contributed by atoms with Crippen molar-refractivity contribution in [3.8, 4) is 17.4 Å². The molecule has 2 aromatic heterocycles. The van der Waals surface area contributed by atoms with Gasteiger partial charge in [0.1, 0.15) is 23.3 Å². The van der Waals surface area contributed by atoms with Crippen LogP contribution in [0.1, 0.15) is 5.56 Å². The molecule has 1 unspecified atom stereocenters. The van der Waals surface area contributed by atoms with Crippen molar-refractivity contribution in [1.29, 1.82) is 0 Å². The smallest absolute Gasteiger partial charge is 0.332 e. The van der Waals surface area contributed by atoms with Crippen LogP contribution < -0.4 is 24.4 Å². The zero-order valence-electron chi connectivity index (χ0n) is 22.5. The van der Waals surface area contributed by atoms with E-state index in [-0.39, 0.29) is 49.0 Å². The number of sulfonamides is 1. The van der Waals surface area contributed by atoms with Gasteiger partial charge >= 0.3 is 6.03 Å². The molecule has 16 heteroatoms. The minimum atomic E-state index is -4.18. The fourth-order valence-corrected chi connectivity index (χ4v) is 5.85. The number of halogens is 1. The second-order valence-electron chi connectivity index (χ2n) is 9.60. The summed E-state index contributed by atoms with van der Waals surface area (Å²) in [7, 11) is -4.18. The summed E-state index contributed by atoms with van der Waals surface area (Å²) in [6.07, 6.45) is 4.76. The highest BCUT2D eigenvalue weighted by Gasteiger charge is 2.37. The predicted molar refractivity (Wildman–Crippen MR) is 153 cm³/mol. The van der Waals surface area contributed by atoms with Gasteiger partial charge in [-0.25, -0.2) is 27.9 Å². The fraction of sp³-hybridized carbons (Fsp3) is 0.222. The summed E-state index contributed by atoms with van der Waals surface area (Å²) in [6.45, 7) is 0.507. The Morgan fingerprint density at radius 1 is 1.02 bits per heavy atom. The molecule has 0 aliphatic carbocycles. The number of aromatic nitrogens is 4. The van der Waals surface area contributed by atoms with Crippen LogP contribution in [0, 0.1) is 0 Å². The minimum absolute atomic E-state index is 0.00247. The third-order valence-electron chi connectivity index (χ3n) is 6.85. The Morgan fingerprint density at radius 2 is 1.84 bits per heavy atom. The third kappa shape index (κ3) is 6.17. The second kappa shape index (κ2) is 11.8. The number of ether oxygens (including phenoxy) is 2. The highest BCUT2D eigenvalue weighted by Crippen LogP contribution is 2.32. The maximum Gasteiger partial charge on any atom is 0.332 e. The van der Waals surface area contributed by atoms with Crippen molar-refractivity contribution in [1.82, 2.24) is 34.5 Å². The van der Waals surface area contributed by atoms with Crippen molar-refractivity contribution < 1.29 is 27.5 Å². The Morgan fingerprint density at radius 3 is 2.63 bits per heavy atom. The van der Waals surface area contributed by atoms with Crippen molar-refractivity contribution in [2.45, 2.75) is 17.5 Å². The molecule has 2 aliphatic rings. The molecular weight excluding hydrogens is 600 g/mol. The summed E-state index contributed by atoms with van der Waals surface area (Å²) >= 11 is 6.30. The van der Waals surface area contributed by atoms with Crippen LogP contribution in [-0.2, 0) is 21.4 Å². The standard InChI is InChI=1S/C27H25ClN8O6S/c28-23-13-24(32-26(31-23)35-9-8-29-16-35)34-10-11-36(27(38)33-43(39,40)19-4-2-1-3-5-19)20(15-34)25(37)30-14-18-6-7-21-22(12-18)42-17-41-21/h1-9,12-13,16,20H,10-11,14-15,17H2,(H,30,37)(H,33,38). The summed E-state index contributed by atoms with van der Waals surface area (Å²) in [5, 5.41) is 3.02. The van der Waals surface area contributed by atoms with E-state index >= 15 is 0 Å². The average Bonchev–Trinajstić information content (AvgIpc) is 3.72. The highest BCUT2D eigenvalue weighted by molar-refractivity contribution is 7.90. The largest absolute Gasteiger partial charge is 0.454 e. The number of hydrogen-bond acceptors (Lipinski definition) is 10. The van der Waals surface area contributed by atoms with Crippen LogP contribution in [-0.4, -0.2) is 77.2 Å². The van der Waals surface area contributed by atoms with Gasteiger partial charge in [0, 0.05) is 44.6 Å². The van der Waals surface area contributed by atoms with E-state index < -0.39 is 28.0 Å². The Labute approximate surface area is 251 Å². The van der Waals surface area contributed by atoms with E-state index in [1.807, 2.05) is 0 Å². The molecule has 14 nitrogen and oxygen atoms in total. The first kappa shape index (κ1) is 28.2. The molecule has 4 heterocycles. The molecule has 2 N–H and O–H groups in total. The monoisotopic (exact) mass is 624 g/mol. The van der Waals surface area contributed by atoms with Gasteiger partial charge in [-0.2, -0.15) is 4.98 Å². The van der Waals surface area contributed by atoms with E-state index in [4.69, 9.17) is 21.1 Å². The van der Waals surface area contributed by atoms with E-state index in [1.54, 1.807) is 64.3 Å². The van der Waals surface area contributed by atoms with E-state index in [1.165, 1.54) is 23.4 Å². The number of hydrogen-bond donors (Lipinski definition) is 2. The molecule has 1 saturated heterocycles. The molecule has 0 saturated carbocycles. The van der Waals surface area contributed by atoms with Crippen LogP contribution in [0.2, 0.25) is 5.15 Å². The molecule has 0 spiro atoms. The van der Waals surface area contributed by atoms with Crippen molar-refractivity contribution in [2.24, 2.45) is 0 Å². The molecule has 4 aromatic rings. The Bertz CT molecular complexity index is 1760. The first-order chi connectivity index (χ1) is 20.8. The van der Waals surface area contributed by atoms with Crippen LogP contribution in [0.5, 0.6) is 11.5 Å². The summed E-state index contributed by atoms with van der Waals surface area (Å²) in [6, 6.07) is 12.4. The number of rotatable bonds is 7. The molecule has 6 rings (SSSR count). The quantitative estimate of drug-likeness (QED) is 0.291. The topological polar surface area (TPSA) is 161 Å². The number of anilines is 1. The second-order valence-corrected chi connectivity index (χ2v) is 11.7. The molecule has 1 atom stereocenters. The summed E-state index contributed by atoms with van der Waals surface area (Å²) < 4.78 is 40.3. The number of piperazine rings is 1. The molecule has 222 valence electrons. The first-order valence-corrected chi connectivity index (χ1v) is 15.0. The van der Waals surface area contributed by atoms with Crippen molar-refractivity contribution >= 4 is 39.4 Å². The maximum absolute atomic E-state index is 13.6. The van der Waals surface area contributed by atoms with Crippen molar-refractivity contribution in [3.63, 3.8) is 0 Å². The third-order valence-corrected chi connectivity index (χ3v) is 8.38. The predicted octanol–water partition coefficient (Wildman–Crippen LogP) is 1.95. The van der Waals surface area contributed by atoms with Gasteiger partial charge in [-0.05, 0) is 29.8 Å². The number of urea groups is 1. The van der Waals surface area contributed by atoms with Crippen LogP contribution in [0.3, 0.4) is 0 Å². The molecule has 1 fully saturated rings. The number of fused-ring (bicyclic) bond motifs is 1. The first-order valence-electron chi connectivity index (χ1n) is 13.1. The number of carbonyl (C=O) groups is 2. The number of imidazole rings is 1. The van der Waals surface area contributed by atoms with Crippen LogP contribution in [0.25, 0.3) is 5.95 Å². The Kier molecular flexibility index (Phi) is 7.73. The van der Waals surface area contributed by atoms with E-state index in [2.05, 4.69) is 25.0 Å². The normalized spacial score (nSPS) is 16.2. The van der Waals surface area contributed by atoms with Gasteiger partial charge in [0.05, 0.1) is 4.90 Å². The Hall–Kier alpha value is -4.89. The molecule has 0 bridgehead atoms. The number of amides is 3. The van der Waals surface area contributed by atoms with Gasteiger partial charge in [-0.1, -0.05) is 35.9 Å². The van der Waals surface area contributed by atoms with Gasteiger partial charge in [-0.15, -0.1) is 0 Å². The van der Waals surface area contributed by atoms with E-state index in [9.17, 15) is 18.0 Å². The van der Waals surface area contributed by atoms with Crippen LogP contribution in [0.4, 0.5) is 10.6 Å². The number of benzene rings is 2. The highest BCUT2D eigenvalue weighted by atomic mass is 35.5. The van der Waals surface area contributed by atoms with Gasteiger partial charge in [0.2, 0.25) is 18.6 Å². The lowest BCUT2D eigenvalue weighted by atomic mass is 10.1. The van der Waals surface area contributed by atoms with Gasteiger partial charge in [-0.3, -0.25) is 9.36 Å². The zero-order valence-corrected chi connectivity index (χ0v) is 24.0. The van der Waals surface area contributed by atoms with E-state index in [0.717, 1.165) is 5.56 Å². The average molecular weight is 625 g/mol. The molecular formula is C27H25ClN8O6S. The number of nitrogens with zero attached hydrogens (tertiary/aromatic N) is 6. The lowest BCUT2D eigenvalue weighted by molar-refractivity contribution is -0.125. The number of carbonyl (C=O) groups excluding carboxylic acids is 2. The zero-order chi connectivity index (χ0) is 30.0. The van der Waals surface area contributed by atoms with Gasteiger partial charge in [0.15, 0.2) is 11.5 Å². The minimum Gasteiger partial charge on any atom is -0.454 e. The lowest BCUT2D eigenvalue weighted by Crippen LogP contribution is -2.63. The van der Waals surface area contributed by atoms with Crippen LogP contribution >= 0.6 is 11.6 Å². The molecule has 2 aliphatic heterocycles. The summed E-state index contributed by atoms with van der Waals surface area (Å²) in [5.41, 5.74) is 0.750. The van der Waals surface area contributed by atoms with Crippen molar-refractivity contribution in [2.75, 3.05) is 31.3 Å². The van der Waals surface area contributed by atoms with Crippen LogP contribution in [0.15, 0.2) is 78.2 Å². The maximum atomic E-state index is 13.6. The Balaban J connectivity index is 1.24. The van der Waals surface area contributed by atoms with E-state index in [0.29, 0.717) is 17.3 Å². The molecule has 3 amide bonds. The molecule has 0 radical (unpaired) electrons. The lowest BCUT2D eigenvalue weighted by Gasteiger charge is -2.40. The summed E-state index contributed by atoms with van der Waals surface area (Å²) in [4.78, 5) is 42.7. The van der Waals surface area contributed by atoms with Gasteiger partial charge < -0.3 is 24.6 Å². The summed E-state index contributed by atoms with van der Waals surface area (Å²) in [5.74, 6) is 1.38. The molecule has 43 heavy (non-hydrogen) atoms. The fourth-order valence-electron chi connectivity index (χ4n) is 4.70. The van der Waals surface area contributed by atoms with Gasteiger partial charge in [0.25, 0.3) is 10.0 Å². The SMILES string of the molecule is O=C(NCc1ccc2c(c1)OCO2)C1CN(c2cc(Cl)nc(-n3ccnc3)n2)CCN1C(=O)NS(=O)(=O)c1ccccc1. The number of nitrogens with one attached hydrogen (secondary N) is 2.